The third-order valence-electron chi connectivity index (χ3n) is 25.3. The van der Waals surface area contributed by atoms with Crippen LogP contribution in [0.2, 0.25) is 0 Å². The lowest BCUT2D eigenvalue weighted by molar-refractivity contribution is 0.156. The van der Waals surface area contributed by atoms with Crippen LogP contribution >= 0.6 is 11.8 Å². The first-order chi connectivity index (χ1) is 61.4. The molecule has 0 radical (unpaired) electrons. The van der Waals surface area contributed by atoms with Gasteiger partial charge in [0.2, 0.25) is 23.8 Å². The number of thioether (sulfide) groups is 1. The number of halogens is 4. The largest absolute Gasteiger partial charge is 0.354 e. The molecule has 3 saturated carbocycles. The summed E-state index contributed by atoms with van der Waals surface area (Å²) in [6.07, 6.45) is 32.4. The number of imidazole rings is 4. The van der Waals surface area contributed by atoms with Gasteiger partial charge < -0.3 is 49.3 Å². The molecular formula is C98H106F4N22S. The van der Waals surface area contributed by atoms with Crippen molar-refractivity contribution in [3.63, 3.8) is 0 Å². The van der Waals surface area contributed by atoms with Crippen molar-refractivity contribution in [2.45, 2.75) is 184 Å². The number of hydrogen-bond acceptors (Lipinski definition) is 19. The molecule has 22 rings (SSSR count). The lowest BCUT2D eigenvalue weighted by Gasteiger charge is -2.33. The molecule has 0 spiro atoms. The van der Waals surface area contributed by atoms with E-state index in [9.17, 15) is 17.6 Å². The number of rotatable bonds is 26. The van der Waals surface area contributed by atoms with E-state index in [0.717, 1.165) is 222 Å². The SMILES string of the molecule is CCCNc1nccc(-c2c(-c3ccc(F)cc3)nc3n2C(CN2CCC2)CC3)n1.CCNc1nccc(-c2c(-c3ccc(F)cc3)nc3n2C(CN2CCC2)CC3)n1.Fc1ccc(-c2nc3n(c2-c2ccnc(NC4CC4)n2)C(C=C2CCCC2)CC3)cc1.Fc1ccc(-c2nc3n(c2-c2ccnc(NC4CCC4)n2)C(CSCc2ccccc2)CC3)cc1. The van der Waals surface area contributed by atoms with E-state index < -0.39 is 0 Å². The first kappa shape index (κ1) is 82.8. The molecule has 4 unspecified atom stereocenters. The molecule has 125 heavy (non-hydrogen) atoms. The highest BCUT2D eigenvalue weighted by Crippen LogP contribution is 2.47. The normalized spacial score (nSPS) is 18.5. The number of allylic oxidation sites excluding steroid dienone is 2. The molecule has 0 amide bonds. The van der Waals surface area contributed by atoms with Crippen molar-refractivity contribution in [1.82, 2.24) is 87.9 Å². The molecular weight excluding hydrogens is 1590 g/mol. The van der Waals surface area contributed by atoms with Crippen molar-refractivity contribution in [3.05, 3.63) is 240 Å². The molecule has 0 bridgehead atoms. The van der Waals surface area contributed by atoms with Gasteiger partial charge in [0, 0.05) is 141 Å². The summed E-state index contributed by atoms with van der Waals surface area (Å²) in [4.78, 5) is 62.0. The Labute approximate surface area is 731 Å². The molecule has 2 saturated heterocycles. The van der Waals surface area contributed by atoms with E-state index in [1.54, 1.807) is 42.2 Å². The van der Waals surface area contributed by atoms with Gasteiger partial charge in [0.15, 0.2) is 0 Å². The maximum absolute atomic E-state index is 13.7. The maximum atomic E-state index is 13.7. The summed E-state index contributed by atoms with van der Waals surface area (Å²) in [6, 6.07) is 47.2. The van der Waals surface area contributed by atoms with Gasteiger partial charge in [-0.3, -0.25) is 0 Å². The standard InChI is InChI=1S/C28H28FN5S.C25H26FN5.C23H27FN6.C22H25FN6/c29-21-11-9-20(10-12-21)26-27(24-15-16-30-28(32-24)31-22-7-4-8-22)34-23(13-14-25(34)33-26)18-35-17-19-5-2-1-3-6-19;26-18-7-5-17(6-8-18)23-24(21-13-14-27-25(29-21)28-19-9-10-19)31-20(11-12-22(31)30-23)15-16-3-1-2-4-16;1-2-11-25-23-26-12-10-19(27-23)22-21(16-4-6-17(24)7-5-16)28-20-9-8-18(30(20)22)15-29-13-3-14-29;1-2-24-22-25-11-10-18(26-22)21-20(15-4-6-16(23)7-5-15)27-19-9-8-17(29(19)21)14-28-12-3-13-28/h1-3,5-6,9-12,15-16,22-23H,4,7-8,13-14,17-18H2,(H,30,31,32);5-8,13-15,19-20H,1-4,9-12H2,(H,27,28,29);4-7,10,12,18H,2-3,8-9,11,13-15H2,1H3,(H,25,26,27);4-7,10-11,17H,2-3,8-9,12-14H2,1H3,(H,24,25,26). The zero-order valence-electron chi connectivity index (χ0n) is 71.0. The van der Waals surface area contributed by atoms with Crippen molar-refractivity contribution in [3.8, 4) is 90.6 Å². The molecule has 5 aromatic carbocycles. The monoisotopic (exact) mass is 1700 g/mol. The van der Waals surface area contributed by atoms with Crippen LogP contribution in [0.15, 0.2) is 188 Å². The van der Waals surface area contributed by atoms with Crippen LogP contribution in [0.5, 0.6) is 0 Å². The second-order valence-electron chi connectivity index (χ2n) is 34.1. The predicted octanol–water partition coefficient (Wildman–Crippen LogP) is 20.2. The van der Waals surface area contributed by atoms with Crippen molar-refractivity contribution < 1.29 is 17.6 Å². The summed E-state index contributed by atoms with van der Waals surface area (Å²) in [6.45, 7) is 12.5. The van der Waals surface area contributed by atoms with Crippen LogP contribution in [0.1, 0.15) is 170 Å². The predicted molar refractivity (Wildman–Crippen MR) is 486 cm³/mol. The summed E-state index contributed by atoms with van der Waals surface area (Å²) in [5, 5.41) is 13.4. The topological polar surface area (TPSA) is 229 Å². The molecule has 14 heterocycles. The fraction of sp³-hybridized carbons (Fsp3) is 0.388. The third kappa shape index (κ3) is 18.8. The summed E-state index contributed by atoms with van der Waals surface area (Å²) in [5.74, 6) is 7.97. The number of benzene rings is 5. The van der Waals surface area contributed by atoms with E-state index in [1.807, 2.05) is 79.6 Å². The van der Waals surface area contributed by atoms with Gasteiger partial charge in [-0.1, -0.05) is 48.9 Å². The number of nitrogens with one attached hydrogen (secondary N) is 4. The van der Waals surface area contributed by atoms with Gasteiger partial charge in [0.25, 0.3) is 0 Å². The van der Waals surface area contributed by atoms with E-state index in [0.29, 0.717) is 60.0 Å². The second kappa shape index (κ2) is 37.9. The van der Waals surface area contributed by atoms with E-state index in [1.165, 1.54) is 138 Å². The summed E-state index contributed by atoms with van der Waals surface area (Å²) in [7, 11) is 0. The van der Waals surface area contributed by atoms with Crippen LogP contribution in [-0.4, -0.2) is 158 Å². The van der Waals surface area contributed by atoms with Crippen molar-refractivity contribution in [2.75, 3.05) is 79.4 Å². The molecule has 642 valence electrons. The zero-order chi connectivity index (χ0) is 84.7. The quantitative estimate of drug-likeness (QED) is 0.0292. The third-order valence-corrected chi connectivity index (χ3v) is 26.5. The molecule has 22 nitrogen and oxygen atoms in total. The van der Waals surface area contributed by atoms with Gasteiger partial charge >= 0.3 is 0 Å². The van der Waals surface area contributed by atoms with Gasteiger partial charge in [0.05, 0.1) is 74.4 Å². The second-order valence-corrected chi connectivity index (χ2v) is 35.2. The molecule has 6 aliphatic heterocycles. The fourth-order valence-corrected chi connectivity index (χ4v) is 19.5. The number of anilines is 4. The molecule has 9 aliphatic rings. The van der Waals surface area contributed by atoms with E-state index in [4.69, 9.17) is 39.9 Å². The van der Waals surface area contributed by atoms with E-state index in [-0.39, 0.29) is 23.3 Å². The highest BCUT2D eigenvalue weighted by molar-refractivity contribution is 7.98. The van der Waals surface area contributed by atoms with Gasteiger partial charge in [-0.2, -0.15) is 11.8 Å². The molecule has 5 fully saturated rings. The van der Waals surface area contributed by atoms with Crippen LogP contribution in [0, 0.1) is 23.3 Å². The highest BCUT2D eigenvalue weighted by atomic mass is 32.2. The van der Waals surface area contributed by atoms with Gasteiger partial charge in [-0.25, -0.2) is 77.4 Å². The number of fused-ring (bicyclic) bond motifs is 4. The first-order valence-corrected chi connectivity index (χ1v) is 46.2. The summed E-state index contributed by atoms with van der Waals surface area (Å²) >= 11 is 1.96. The van der Waals surface area contributed by atoms with Crippen LogP contribution < -0.4 is 21.3 Å². The van der Waals surface area contributed by atoms with Crippen molar-refractivity contribution >= 4 is 35.6 Å². The molecule has 13 aromatic rings. The minimum Gasteiger partial charge on any atom is -0.354 e. The first-order valence-electron chi connectivity index (χ1n) is 45.0. The number of aromatic nitrogens is 16. The molecule has 3 aliphatic carbocycles. The van der Waals surface area contributed by atoms with Crippen LogP contribution in [0.25, 0.3) is 90.6 Å². The van der Waals surface area contributed by atoms with E-state index >= 15 is 0 Å². The Morgan fingerprint density at radius 1 is 0.376 bits per heavy atom. The Hall–Kier alpha value is -11.8. The Kier molecular flexibility index (Phi) is 25.1. The molecule has 27 heteroatoms. The maximum Gasteiger partial charge on any atom is 0.223 e. The number of nitrogens with zero attached hydrogens (tertiary/aromatic N) is 18. The summed E-state index contributed by atoms with van der Waals surface area (Å²) < 4.78 is 63.8. The van der Waals surface area contributed by atoms with Crippen molar-refractivity contribution in [2.24, 2.45) is 0 Å². The average molecular weight is 1700 g/mol. The number of aryl methyl sites for hydroxylation is 4. The zero-order valence-corrected chi connectivity index (χ0v) is 71.8. The van der Waals surface area contributed by atoms with Crippen LogP contribution in [0.4, 0.5) is 41.4 Å². The Balaban J connectivity index is 0.000000109. The van der Waals surface area contributed by atoms with Crippen LogP contribution in [-0.2, 0) is 31.4 Å². The van der Waals surface area contributed by atoms with Gasteiger partial charge in [-0.05, 0) is 263 Å². The molecule has 4 N–H and O–H groups in total. The van der Waals surface area contributed by atoms with Crippen molar-refractivity contribution in [1.29, 1.82) is 0 Å². The smallest absolute Gasteiger partial charge is 0.223 e. The number of likely N-dealkylation sites (tertiary alicyclic amines) is 2. The Morgan fingerprint density at radius 2 is 0.760 bits per heavy atom. The fourth-order valence-electron chi connectivity index (χ4n) is 18.4. The summed E-state index contributed by atoms with van der Waals surface area (Å²) in [5.41, 5.74) is 17.5. The lowest BCUT2D eigenvalue weighted by Crippen LogP contribution is -2.40. The number of hydrogen-bond donors (Lipinski definition) is 4. The Bertz CT molecular complexity index is 5910. The van der Waals surface area contributed by atoms with Crippen LogP contribution in [0.3, 0.4) is 0 Å². The van der Waals surface area contributed by atoms with E-state index in [2.05, 4.69) is 113 Å². The average Bonchev–Trinajstić information content (AvgIpc) is 1.62. The lowest BCUT2D eigenvalue weighted by atomic mass is 9.93. The molecule has 4 atom stereocenters. The highest BCUT2D eigenvalue weighted by Gasteiger charge is 2.38. The Morgan fingerprint density at radius 3 is 1.16 bits per heavy atom. The van der Waals surface area contributed by atoms with Gasteiger partial charge in [-0.15, -0.1) is 0 Å². The minimum atomic E-state index is -0.244. The van der Waals surface area contributed by atoms with Gasteiger partial charge in [0.1, 0.15) is 46.6 Å². The minimum absolute atomic E-state index is 0.237. The molecule has 8 aromatic heterocycles.